The van der Waals surface area contributed by atoms with E-state index in [9.17, 15) is 0 Å². The molecule has 2 rings (SSSR count). The molecule has 0 amide bonds. The Morgan fingerprint density at radius 3 is 2.78 bits per heavy atom. The summed E-state index contributed by atoms with van der Waals surface area (Å²) in [7, 11) is 1.95. The Labute approximate surface area is 112 Å². The van der Waals surface area contributed by atoms with E-state index in [4.69, 9.17) is 5.73 Å². The van der Waals surface area contributed by atoms with Gasteiger partial charge in [0.15, 0.2) is 5.82 Å². The van der Waals surface area contributed by atoms with Crippen LogP contribution in [0.5, 0.6) is 0 Å². The second-order valence-corrected chi connectivity index (χ2v) is 5.90. The highest BCUT2D eigenvalue weighted by molar-refractivity contribution is 7.13. The number of aromatic nitrogens is 3. The predicted molar refractivity (Wildman–Crippen MR) is 75.6 cm³/mol. The Kier molecular flexibility index (Phi) is 4.14. The van der Waals surface area contributed by atoms with E-state index in [2.05, 4.69) is 23.9 Å². The molecule has 0 radical (unpaired) electrons. The summed E-state index contributed by atoms with van der Waals surface area (Å²) in [4.78, 5) is 5.77. The third-order valence-electron chi connectivity index (χ3n) is 2.94. The quantitative estimate of drug-likeness (QED) is 0.903. The first kappa shape index (κ1) is 13.2. The van der Waals surface area contributed by atoms with Crippen LogP contribution < -0.4 is 5.73 Å². The van der Waals surface area contributed by atoms with Crippen molar-refractivity contribution >= 4 is 11.3 Å². The molecular weight excluding hydrogens is 244 g/mol. The highest BCUT2D eigenvalue weighted by atomic mass is 32.1. The third-order valence-corrected chi connectivity index (χ3v) is 3.81. The second kappa shape index (κ2) is 5.63. The zero-order valence-electron chi connectivity index (χ0n) is 11.1. The van der Waals surface area contributed by atoms with Crippen molar-refractivity contribution in [2.24, 2.45) is 18.7 Å². The number of hydrogen-bond acceptors (Lipinski definition) is 4. The lowest BCUT2D eigenvalue weighted by molar-refractivity contribution is 0.472. The molecule has 1 atom stereocenters. The molecule has 2 aromatic rings. The van der Waals surface area contributed by atoms with Gasteiger partial charge in [0.2, 0.25) is 0 Å². The van der Waals surface area contributed by atoms with Crippen molar-refractivity contribution < 1.29 is 0 Å². The van der Waals surface area contributed by atoms with E-state index < -0.39 is 0 Å². The Balaban J connectivity index is 2.28. The summed E-state index contributed by atoms with van der Waals surface area (Å²) >= 11 is 1.66. The minimum absolute atomic E-state index is 0.288. The summed E-state index contributed by atoms with van der Waals surface area (Å²) in [6, 6.07) is 4.06. The van der Waals surface area contributed by atoms with Crippen LogP contribution in [-0.4, -0.2) is 21.3 Å². The maximum Gasteiger partial charge on any atom is 0.191 e. The molecule has 0 spiro atoms. The molecule has 0 bridgehead atoms. The van der Waals surface area contributed by atoms with E-state index in [0.717, 1.165) is 22.9 Å². The first-order valence-electron chi connectivity index (χ1n) is 6.26. The number of rotatable bonds is 5. The Bertz CT molecular complexity index is 487. The molecule has 2 aromatic heterocycles. The van der Waals surface area contributed by atoms with Crippen molar-refractivity contribution in [2.75, 3.05) is 6.54 Å². The van der Waals surface area contributed by atoms with E-state index in [-0.39, 0.29) is 5.92 Å². The van der Waals surface area contributed by atoms with Crippen molar-refractivity contribution in [1.82, 2.24) is 14.8 Å². The number of aryl methyl sites for hydroxylation is 1. The summed E-state index contributed by atoms with van der Waals surface area (Å²) in [6.45, 7) is 5.03. The summed E-state index contributed by atoms with van der Waals surface area (Å²) in [6.07, 6.45) is 1.05. The van der Waals surface area contributed by atoms with Gasteiger partial charge >= 0.3 is 0 Å². The Morgan fingerprint density at radius 1 is 1.44 bits per heavy atom. The van der Waals surface area contributed by atoms with Gasteiger partial charge in [-0.3, -0.25) is 4.68 Å². The predicted octanol–water partition coefficient (Wildman–Crippen LogP) is 2.63. The van der Waals surface area contributed by atoms with Gasteiger partial charge in [-0.1, -0.05) is 19.9 Å². The van der Waals surface area contributed by atoms with Gasteiger partial charge in [0.05, 0.1) is 4.88 Å². The van der Waals surface area contributed by atoms with E-state index in [1.54, 1.807) is 11.3 Å². The van der Waals surface area contributed by atoms with Gasteiger partial charge in [-0.15, -0.1) is 11.3 Å². The normalized spacial score (nSPS) is 13.2. The lowest BCUT2D eigenvalue weighted by atomic mass is 9.96. The molecule has 98 valence electrons. The molecule has 2 heterocycles. The fraction of sp³-hybridized carbons (Fsp3) is 0.538. The molecule has 0 saturated heterocycles. The zero-order chi connectivity index (χ0) is 13.1. The van der Waals surface area contributed by atoms with Gasteiger partial charge in [-0.2, -0.15) is 5.10 Å². The molecule has 0 aliphatic rings. The molecule has 2 N–H and O–H groups in total. The van der Waals surface area contributed by atoms with Crippen molar-refractivity contribution in [2.45, 2.75) is 26.2 Å². The van der Waals surface area contributed by atoms with Crippen LogP contribution in [-0.2, 0) is 7.05 Å². The molecule has 5 heteroatoms. The minimum atomic E-state index is 0.288. The topological polar surface area (TPSA) is 56.7 Å². The number of hydrogen-bond donors (Lipinski definition) is 1. The fourth-order valence-corrected chi connectivity index (χ4v) is 2.79. The second-order valence-electron chi connectivity index (χ2n) is 4.96. The maximum atomic E-state index is 5.87. The van der Waals surface area contributed by atoms with Crippen LogP contribution in [0.1, 0.15) is 32.0 Å². The first-order valence-corrected chi connectivity index (χ1v) is 7.14. The molecular formula is C13H20N4S. The molecule has 18 heavy (non-hydrogen) atoms. The fourth-order valence-electron chi connectivity index (χ4n) is 2.14. The van der Waals surface area contributed by atoms with Crippen LogP contribution >= 0.6 is 11.3 Å². The summed E-state index contributed by atoms with van der Waals surface area (Å²) < 4.78 is 1.87. The van der Waals surface area contributed by atoms with Crippen LogP contribution in [0.15, 0.2) is 17.5 Å². The van der Waals surface area contributed by atoms with Crippen molar-refractivity contribution in [3.8, 4) is 10.7 Å². The third kappa shape index (κ3) is 2.79. The molecule has 0 fully saturated rings. The van der Waals surface area contributed by atoms with Crippen LogP contribution in [0.3, 0.4) is 0 Å². The van der Waals surface area contributed by atoms with E-state index in [1.807, 2.05) is 29.2 Å². The Hall–Kier alpha value is -1.20. The van der Waals surface area contributed by atoms with Crippen molar-refractivity contribution in [3.63, 3.8) is 0 Å². The molecule has 0 aliphatic heterocycles. The highest BCUT2D eigenvalue weighted by Crippen LogP contribution is 2.26. The largest absolute Gasteiger partial charge is 0.330 e. The standard InChI is InChI=1S/C13H20N4S/c1-9(2)7-10(8-14)13-15-12(16-17(13)3)11-5-4-6-18-11/h4-6,9-10H,7-8,14H2,1-3H3. The average molecular weight is 264 g/mol. The van der Waals surface area contributed by atoms with Gasteiger partial charge in [-0.25, -0.2) is 4.98 Å². The van der Waals surface area contributed by atoms with Crippen molar-refractivity contribution in [1.29, 1.82) is 0 Å². The zero-order valence-corrected chi connectivity index (χ0v) is 11.9. The summed E-state index contributed by atoms with van der Waals surface area (Å²) in [5.41, 5.74) is 5.87. The molecule has 0 aromatic carbocycles. The molecule has 4 nitrogen and oxygen atoms in total. The lowest BCUT2D eigenvalue weighted by Gasteiger charge is -2.15. The van der Waals surface area contributed by atoms with Crippen LogP contribution in [0.2, 0.25) is 0 Å². The summed E-state index contributed by atoms with van der Waals surface area (Å²) in [5.74, 6) is 2.70. The average Bonchev–Trinajstić information content (AvgIpc) is 2.94. The van der Waals surface area contributed by atoms with E-state index in [1.165, 1.54) is 0 Å². The minimum Gasteiger partial charge on any atom is -0.330 e. The van der Waals surface area contributed by atoms with Crippen molar-refractivity contribution in [3.05, 3.63) is 23.3 Å². The molecule has 0 saturated carbocycles. The highest BCUT2D eigenvalue weighted by Gasteiger charge is 2.19. The maximum absolute atomic E-state index is 5.87. The Morgan fingerprint density at radius 2 is 2.22 bits per heavy atom. The molecule has 0 aliphatic carbocycles. The van der Waals surface area contributed by atoms with Gasteiger partial charge in [0.1, 0.15) is 5.82 Å². The lowest BCUT2D eigenvalue weighted by Crippen LogP contribution is -2.18. The van der Waals surface area contributed by atoms with E-state index in [0.29, 0.717) is 12.5 Å². The smallest absolute Gasteiger partial charge is 0.191 e. The van der Waals surface area contributed by atoms with Crippen LogP contribution in [0.25, 0.3) is 10.7 Å². The molecule has 1 unspecified atom stereocenters. The number of nitrogens with two attached hydrogens (primary N) is 1. The van der Waals surface area contributed by atoms with Gasteiger partial charge in [-0.05, 0) is 23.8 Å². The monoisotopic (exact) mass is 264 g/mol. The van der Waals surface area contributed by atoms with E-state index >= 15 is 0 Å². The number of thiophene rings is 1. The van der Waals surface area contributed by atoms with Gasteiger partial charge in [0.25, 0.3) is 0 Å². The number of nitrogens with zero attached hydrogens (tertiary/aromatic N) is 3. The first-order chi connectivity index (χ1) is 8.61. The summed E-state index contributed by atoms with van der Waals surface area (Å²) in [5, 5.41) is 6.53. The van der Waals surface area contributed by atoms with Gasteiger partial charge < -0.3 is 5.73 Å². The van der Waals surface area contributed by atoms with Crippen LogP contribution in [0.4, 0.5) is 0 Å². The van der Waals surface area contributed by atoms with Gasteiger partial charge in [0, 0.05) is 19.5 Å². The van der Waals surface area contributed by atoms with Crippen LogP contribution in [0, 0.1) is 5.92 Å². The SMILES string of the molecule is CC(C)CC(CN)c1nc(-c2cccs2)nn1C.